The van der Waals surface area contributed by atoms with Gasteiger partial charge in [0.2, 0.25) is 0 Å². The van der Waals surface area contributed by atoms with E-state index < -0.39 is 5.97 Å². The molecule has 110 valence electrons. The number of carbonyl (C=O) groups is 2. The normalized spacial score (nSPS) is 22.2. The summed E-state index contributed by atoms with van der Waals surface area (Å²) in [6, 6.07) is 3.56. The maximum Gasteiger partial charge on any atom is 0.315 e. The van der Waals surface area contributed by atoms with Crippen LogP contribution in [0.3, 0.4) is 0 Å². The van der Waals surface area contributed by atoms with Crippen LogP contribution in [0.4, 0.5) is 4.79 Å². The molecule has 3 N–H and O–H groups in total. The van der Waals surface area contributed by atoms with E-state index >= 15 is 0 Å². The second-order valence-electron chi connectivity index (χ2n) is 5.12. The second kappa shape index (κ2) is 6.98. The third-order valence-electron chi connectivity index (χ3n) is 3.65. The van der Waals surface area contributed by atoms with Gasteiger partial charge in [0.05, 0.1) is 12.2 Å². The molecule has 0 bridgehead atoms. The van der Waals surface area contributed by atoms with Gasteiger partial charge in [0.1, 0.15) is 5.76 Å². The third kappa shape index (κ3) is 4.29. The van der Waals surface area contributed by atoms with Crippen LogP contribution in [-0.4, -0.2) is 29.7 Å². The molecule has 1 aliphatic carbocycles. The Balaban J connectivity index is 1.61. The first-order valence-corrected chi connectivity index (χ1v) is 6.94. The van der Waals surface area contributed by atoms with Gasteiger partial charge in [-0.15, -0.1) is 0 Å². The van der Waals surface area contributed by atoms with Crippen molar-refractivity contribution in [2.75, 3.05) is 6.54 Å². The number of carboxylic acids is 1. The van der Waals surface area contributed by atoms with E-state index in [-0.39, 0.29) is 18.0 Å². The second-order valence-corrected chi connectivity index (χ2v) is 5.12. The number of furan rings is 1. The minimum absolute atomic E-state index is 0.0780. The fourth-order valence-corrected chi connectivity index (χ4v) is 2.48. The van der Waals surface area contributed by atoms with Crippen LogP contribution < -0.4 is 10.6 Å². The van der Waals surface area contributed by atoms with E-state index in [1.807, 2.05) is 12.1 Å². The van der Waals surface area contributed by atoms with Crippen LogP contribution in [0.2, 0.25) is 0 Å². The highest BCUT2D eigenvalue weighted by molar-refractivity contribution is 5.74. The van der Waals surface area contributed by atoms with Gasteiger partial charge in [-0.1, -0.05) is 0 Å². The quantitative estimate of drug-likeness (QED) is 0.766. The van der Waals surface area contributed by atoms with Gasteiger partial charge < -0.3 is 20.2 Å². The number of urea groups is 1. The molecular formula is C14H20N2O4. The van der Waals surface area contributed by atoms with E-state index in [4.69, 9.17) is 9.52 Å². The zero-order valence-electron chi connectivity index (χ0n) is 11.3. The van der Waals surface area contributed by atoms with Crippen molar-refractivity contribution in [2.45, 2.75) is 38.1 Å². The zero-order valence-corrected chi connectivity index (χ0v) is 11.3. The van der Waals surface area contributed by atoms with Crippen LogP contribution in [0.1, 0.15) is 31.4 Å². The predicted molar refractivity (Wildman–Crippen MR) is 72.3 cm³/mol. The SMILES string of the molecule is O=C(NCCc1ccco1)NC1CCC(C(=O)O)CC1. The van der Waals surface area contributed by atoms with E-state index in [1.54, 1.807) is 6.26 Å². The van der Waals surface area contributed by atoms with Crippen molar-refractivity contribution < 1.29 is 19.1 Å². The van der Waals surface area contributed by atoms with Gasteiger partial charge in [0, 0.05) is 19.0 Å². The highest BCUT2D eigenvalue weighted by Crippen LogP contribution is 2.24. The van der Waals surface area contributed by atoms with Crippen molar-refractivity contribution in [1.29, 1.82) is 0 Å². The van der Waals surface area contributed by atoms with Gasteiger partial charge in [0.15, 0.2) is 0 Å². The molecule has 0 aromatic carbocycles. The molecule has 0 radical (unpaired) electrons. The molecule has 0 saturated heterocycles. The Hall–Kier alpha value is -1.98. The average molecular weight is 280 g/mol. The molecule has 2 rings (SSSR count). The Morgan fingerprint density at radius 3 is 2.65 bits per heavy atom. The van der Waals surface area contributed by atoms with Crippen molar-refractivity contribution in [3.05, 3.63) is 24.2 Å². The van der Waals surface area contributed by atoms with Crippen LogP contribution in [-0.2, 0) is 11.2 Å². The molecule has 1 aromatic rings. The number of aliphatic carboxylic acids is 1. The topological polar surface area (TPSA) is 91.6 Å². The summed E-state index contributed by atoms with van der Waals surface area (Å²) in [5.74, 6) is -0.145. The molecule has 0 aliphatic heterocycles. The lowest BCUT2D eigenvalue weighted by atomic mass is 9.86. The third-order valence-corrected chi connectivity index (χ3v) is 3.65. The Morgan fingerprint density at radius 2 is 2.05 bits per heavy atom. The molecule has 20 heavy (non-hydrogen) atoms. The number of rotatable bonds is 5. The summed E-state index contributed by atoms with van der Waals surface area (Å²) < 4.78 is 5.17. The van der Waals surface area contributed by atoms with Gasteiger partial charge >= 0.3 is 12.0 Å². The van der Waals surface area contributed by atoms with E-state index in [1.165, 1.54) is 0 Å². The fraction of sp³-hybridized carbons (Fsp3) is 0.571. The first-order chi connectivity index (χ1) is 9.65. The van der Waals surface area contributed by atoms with Crippen molar-refractivity contribution >= 4 is 12.0 Å². The van der Waals surface area contributed by atoms with Gasteiger partial charge in [0.25, 0.3) is 0 Å². The van der Waals surface area contributed by atoms with Gasteiger partial charge in [-0.05, 0) is 37.8 Å². The molecule has 2 amide bonds. The van der Waals surface area contributed by atoms with E-state index in [0.29, 0.717) is 25.8 Å². The number of carbonyl (C=O) groups excluding carboxylic acids is 1. The number of hydrogen-bond acceptors (Lipinski definition) is 3. The predicted octanol–water partition coefficient (Wildman–Crippen LogP) is 1.76. The Morgan fingerprint density at radius 1 is 1.30 bits per heavy atom. The van der Waals surface area contributed by atoms with Crippen molar-refractivity contribution in [3.8, 4) is 0 Å². The summed E-state index contributed by atoms with van der Waals surface area (Å²) in [6.45, 7) is 0.518. The van der Waals surface area contributed by atoms with Crippen LogP contribution >= 0.6 is 0 Å². The summed E-state index contributed by atoms with van der Waals surface area (Å²) in [5.41, 5.74) is 0. The van der Waals surface area contributed by atoms with Crippen molar-refractivity contribution in [1.82, 2.24) is 10.6 Å². The first kappa shape index (κ1) is 14.4. The van der Waals surface area contributed by atoms with Crippen LogP contribution in [0.5, 0.6) is 0 Å². The standard InChI is InChI=1S/C14H20N2O4/c17-13(18)10-3-5-11(6-4-10)16-14(19)15-8-7-12-2-1-9-20-12/h1-2,9-11H,3-8H2,(H,17,18)(H2,15,16,19). The molecule has 1 saturated carbocycles. The van der Waals surface area contributed by atoms with E-state index in [9.17, 15) is 9.59 Å². The zero-order chi connectivity index (χ0) is 14.4. The highest BCUT2D eigenvalue weighted by atomic mass is 16.4. The molecule has 6 nitrogen and oxygen atoms in total. The van der Waals surface area contributed by atoms with Crippen molar-refractivity contribution in [3.63, 3.8) is 0 Å². The van der Waals surface area contributed by atoms with Gasteiger partial charge in [-0.25, -0.2) is 4.79 Å². The maximum atomic E-state index is 11.7. The average Bonchev–Trinajstić information content (AvgIpc) is 2.92. The summed E-state index contributed by atoms with van der Waals surface area (Å²) in [4.78, 5) is 22.5. The lowest BCUT2D eigenvalue weighted by Crippen LogP contribution is -2.44. The molecule has 1 heterocycles. The summed E-state index contributed by atoms with van der Waals surface area (Å²) in [7, 11) is 0. The molecule has 6 heteroatoms. The minimum Gasteiger partial charge on any atom is -0.481 e. The minimum atomic E-state index is -0.730. The molecule has 1 fully saturated rings. The fourth-order valence-electron chi connectivity index (χ4n) is 2.48. The maximum absolute atomic E-state index is 11.7. The molecular weight excluding hydrogens is 260 g/mol. The molecule has 0 spiro atoms. The van der Waals surface area contributed by atoms with Crippen molar-refractivity contribution in [2.24, 2.45) is 5.92 Å². The largest absolute Gasteiger partial charge is 0.481 e. The smallest absolute Gasteiger partial charge is 0.315 e. The molecule has 1 aromatic heterocycles. The summed E-state index contributed by atoms with van der Waals surface area (Å²) in [6.07, 6.45) is 4.98. The van der Waals surface area contributed by atoms with E-state index in [0.717, 1.165) is 18.6 Å². The summed E-state index contributed by atoms with van der Waals surface area (Å²) >= 11 is 0. The Bertz CT molecular complexity index is 436. The monoisotopic (exact) mass is 280 g/mol. The number of nitrogens with one attached hydrogen (secondary N) is 2. The molecule has 1 aliphatic rings. The summed E-state index contributed by atoms with van der Waals surface area (Å²) in [5, 5.41) is 14.6. The number of amides is 2. The van der Waals surface area contributed by atoms with Gasteiger partial charge in [-0.2, -0.15) is 0 Å². The van der Waals surface area contributed by atoms with Crippen LogP contribution in [0.15, 0.2) is 22.8 Å². The van der Waals surface area contributed by atoms with Gasteiger partial charge in [-0.3, -0.25) is 4.79 Å². The Labute approximate surface area is 117 Å². The molecule has 0 atom stereocenters. The Kier molecular flexibility index (Phi) is 5.03. The molecule has 0 unspecified atom stereocenters. The lowest BCUT2D eigenvalue weighted by molar-refractivity contribution is -0.142. The lowest BCUT2D eigenvalue weighted by Gasteiger charge is -2.26. The highest BCUT2D eigenvalue weighted by Gasteiger charge is 2.26. The number of hydrogen-bond donors (Lipinski definition) is 3. The number of carboxylic acid groups (broad SMARTS) is 1. The van der Waals surface area contributed by atoms with E-state index in [2.05, 4.69) is 10.6 Å². The van der Waals surface area contributed by atoms with Crippen LogP contribution in [0, 0.1) is 5.92 Å². The van der Waals surface area contributed by atoms with Crippen LogP contribution in [0.25, 0.3) is 0 Å². The first-order valence-electron chi connectivity index (χ1n) is 6.94.